The van der Waals surface area contributed by atoms with Gasteiger partial charge in [0.15, 0.2) is 5.82 Å². The van der Waals surface area contributed by atoms with Gasteiger partial charge in [-0.25, -0.2) is 9.48 Å². The smallest absolute Gasteiger partial charge is 0.320 e. The minimum atomic E-state index is -0.883. The van der Waals surface area contributed by atoms with Crippen molar-refractivity contribution in [2.45, 2.75) is 19.4 Å². The van der Waals surface area contributed by atoms with Crippen LogP contribution in [0.2, 0.25) is 0 Å². The van der Waals surface area contributed by atoms with E-state index < -0.39 is 12.0 Å². The number of amides is 2. The lowest BCUT2D eigenvalue weighted by Gasteiger charge is -2.03. The summed E-state index contributed by atoms with van der Waals surface area (Å²) in [6, 6.07) is 9.34. The van der Waals surface area contributed by atoms with Gasteiger partial charge in [0.2, 0.25) is 0 Å². The molecule has 0 fully saturated rings. The van der Waals surface area contributed by atoms with E-state index in [4.69, 9.17) is 5.11 Å². The summed E-state index contributed by atoms with van der Waals surface area (Å²) < 4.78 is 1.62. The van der Waals surface area contributed by atoms with Gasteiger partial charge in [-0.15, -0.1) is 5.10 Å². The summed E-state index contributed by atoms with van der Waals surface area (Å²) in [5, 5.41) is 21.4. The minimum Gasteiger partial charge on any atom is -0.481 e. The van der Waals surface area contributed by atoms with E-state index in [9.17, 15) is 9.59 Å². The summed E-state index contributed by atoms with van der Waals surface area (Å²) in [4.78, 5) is 21.9. The predicted octanol–water partition coefficient (Wildman–Crippen LogP) is 1.31. The molecule has 0 aliphatic heterocycles. The largest absolute Gasteiger partial charge is 0.481 e. The summed E-state index contributed by atoms with van der Waals surface area (Å²) >= 11 is 0. The molecule has 0 saturated heterocycles. The van der Waals surface area contributed by atoms with E-state index in [1.807, 2.05) is 30.3 Å². The molecule has 8 nitrogen and oxygen atoms in total. The first-order chi connectivity index (χ1) is 10.6. The topological polar surface area (TPSA) is 109 Å². The van der Waals surface area contributed by atoms with Crippen molar-refractivity contribution in [2.24, 2.45) is 0 Å². The molecule has 0 aliphatic rings. The number of rotatable bonds is 7. The van der Waals surface area contributed by atoms with Crippen molar-refractivity contribution in [3.05, 3.63) is 42.1 Å². The first-order valence-corrected chi connectivity index (χ1v) is 6.84. The lowest BCUT2D eigenvalue weighted by Crippen LogP contribution is -2.29. The predicted molar refractivity (Wildman–Crippen MR) is 79.5 cm³/mol. The highest BCUT2D eigenvalue weighted by Crippen LogP contribution is 2.04. The molecule has 0 spiro atoms. The van der Waals surface area contributed by atoms with Gasteiger partial charge in [0.05, 0.1) is 12.7 Å². The lowest BCUT2D eigenvalue weighted by molar-refractivity contribution is -0.137. The van der Waals surface area contributed by atoms with Crippen molar-refractivity contribution in [3.63, 3.8) is 0 Å². The normalized spacial score (nSPS) is 10.2. The lowest BCUT2D eigenvalue weighted by atomic mass is 10.2. The second kappa shape index (κ2) is 7.77. The summed E-state index contributed by atoms with van der Waals surface area (Å²) in [6.45, 7) is 0.853. The Balaban J connectivity index is 1.77. The van der Waals surface area contributed by atoms with E-state index in [2.05, 4.69) is 20.9 Å². The van der Waals surface area contributed by atoms with Crippen molar-refractivity contribution in [1.82, 2.24) is 20.3 Å². The first kappa shape index (κ1) is 15.5. The number of aliphatic carboxylic acids is 1. The fourth-order valence-electron chi connectivity index (χ4n) is 1.81. The fourth-order valence-corrected chi connectivity index (χ4v) is 1.81. The molecule has 1 aromatic heterocycles. The molecule has 0 saturated carbocycles. The highest BCUT2D eigenvalue weighted by molar-refractivity contribution is 5.87. The van der Waals surface area contributed by atoms with E-state index in [-0.39, 0.29) is 13.0 Å². The monoisotopic (exact) mass is 303 g/mol. The third-order valence-electron chi connectivity index (χ3n) is 2.82. The molecule has 0 radical (unpaired) electrons. The number of hydrogen-bond donors (Lipinski definition) is 3. The zero-order valence-corrected chi connectivity index (χ0v) is 11.9. The Hall–Kier alpha value is -2.90. The molecule has 8 heteroatoms. The van der Waals surface area contributed by atoms with E-state index in [1.54, 1.807) is 10.9 Å². The Kier molecular flexibility index (Phi) is 5.47. The van der Waals surface area contributed by atoms with Gasteiger partial charge in [0.25, 0.3) is 0 Å². The summed E-state index contributed by atoms with van der Waals surface area (Å²) in [5.41, 5.74) is 1.08. The van der Waals surface area contributed by atoms with Crippen LogP contribution in [-0.4, -0.2) is 38.6 Å². The van der Waals surface area contributed by atoms with Gasteiger partial charge < -0.3 is 10.4 Å². The highest BCUT2D eigenvalue weighted by Gasteiger charge is 2.06. The summed E-state index contributed by atoms with van der Waals surface area (Å²) in [5.74, 6) is -0.544. The van der Waals surface area contributed by atoms with Crippen LogP contribution in [0.4, 0.5) is 10.6 Å². The minimum absolute atomic E-state index is 0.0214. The Morgan fingerprint density at radius 1 is 1.23 bits per heavy atom. The van der Waals surface area contributed by atoms with Crippen LogP contribution in [0.15, 0.2) is 36.5 Å². The highest BCUT2D eigenvalue weighted by atomic mass is 16.4. The second-order valence-electron chi connectivity index (χ2n) is 4.67. The summed E-state index contributed by atoms with van der Waals surface area (Å²) in [7, 11) is 0. The van der Waals surface area contributed by atoms with Crippen molar-refractivity contribution < 1.29 is 14.7 Å². The number of aromatic nitrogens is 3. The van der Waals surface area contributed by atoms with Crippen LogP contribution in [0.3, 0.4) is 0 Å². The molecule has 0 bridgehead atoms. The zero-order valence-electron chi connectivity index (χ0n) is 11.9. The maximum Gasteiger partial charge on any atom is 0.320 e. The van der Waals surface area contributed by atoms with Gasteiger partial charge in [0.1, 0.15) is 0 Å². The van der Waals surface area contributed by atoms with Crippen molar-refractivity contribution in [1.29, 1.82) is 0 Å². The molecule has 2 amide bonds. The first-order valence-electron chi connectivity index (χ1n) is 6.84. The maximum absolute atomic E-state index is 11.6. The number of nitrogens with zero attached hydrogens (tertiary/aromatic N) is 3. The molecular formula is C14H17N5O3. The van der Waals surface area contributed by atoms with Gasteiger partial charge in [-0.3, -0.25) is 10.1 Å². The number of urea groups is 1. The average Bonchev–Trinajstić information content (AvgIpc) is 2.91. The Morgan fingerprint density at radius 3 is 2.73 bits per heavy atom. The van der Waals surface area contributed by atoms with Gasteiger partial charge >= 0.3 is 12.0 Å². The molecule has 116 valence electrons. The van der Waals surface area contributed by atoms with Gasteiger partial charge in [-0.1, -0.05) is 35.5 Å². The van der Waals surface area contributed by atoms with Crippen molar-refractivity contribution in [3.8, 4) is 0 Å². The van der Waals surface area contributed by atoms with Gasteiger partial charge in [0, 0.05) is 13.0 Å². The number of carbonyl (C=O) groups is 2. The molecule has 2 aromatic rings. The molecule has 22 heavy (non-hydrogen) atoms. The molecule has 0 atom stereocenters. The number of anilines is 1. The van der Waals surface area contributed by atoms with E-state index in [0.29, 0.717) is 18.8 Å². The van der Waals surface area contributed by atoms with Crippen LogP contribution in [-0.2, 0) is 11.3 Å². The second-order valence-corrected chi connectivity index (χ2v) is 4.67. The summed E-state index contributed by atoms with van der Waals surface area (Å²) in [6.07, 6.45) is 2.03. The third-order valence-corrected chi connectivity index (χ3v) is 2.82. The third kappa shape index (κ3) is 5.23. The molecule has 3 N–H and O–H groups in total. The maximum atomic E-state index is 11.6. The fraction of sp³-hybridized carbons (Fsp3) is 0.286. The number of nitrogens with one attached hydrogen (secondary N) is 2. The number of carbonyl (C=O) groups excluding carboxylic acids is 1. The molecule has 1 aromatic carbocycles. The van der Waals surface area contributed by atoms with Crippen LogP contribution in [0.5, 0.6) is 0 Å². The molecule has 0 unspecified atom stereocenters. The number of carboxylic acids is 1. The van der Waals surface area contributed by atoms with E-state index >= 15 is 0 Å². The van der Waals surface area contributed by atoms with Gasteiger partial charge in [-0.2, -0.15) is 0 Å². The Labute approximate surface area is 127 Å². The standard InChI is InChI=1S/C14H17N5O3/c20-13(21)7-4-8-15-14(22)16-12-10-19(18-17-12)9-11-5-2-1-3-6-11/h1-3,5-6,10H,4,7-9H2,(H,20,21)(H2,15,16,22). The van der Waals surface area contributed by atoms with E-state index in [0.717, 1.165) is 5.56 Å². The number of benzene rings is 1. The average molecular weight is 303 g/mol. The Bertz CT molecular complexity index is 626. The number of carboxylic acid groups (broad SMARTS) is 1. The van der Waals surface area contributed by atoms with Crippen LogP contribution < -0.4 is 10.6 Å². The van der Waals surface area contributed by atoms with Crippen molar-refractivity contribution in [2.75, 3.05) is 11.9 Å². The SMILES string of the molecule is O=C(O)CCCNC(=O)Nc1cn(Cc2ccccc2)nn1. The van der Waals surface area contributed by atoms with Crippen molar-refractivity contribution >= 4 is 17.8 Å². The molecule has 0 aliphatic carbocycles. The van der Waals surface area contributed by atoms with Crippen LogP contribution in [0, 0.1) is 0 Å². The quantitative estimate of drug-likeness (QED) is 0.668. The molecule has 1 heterocycles. The van der Waals surface area contributed by atoms with Gasteiger partial charge in [-0.05, 0) is 12.0 Å². The number of hydrogen-bond acceptors (Lipinski definition) is 4. The van der Waals surface area contributed by atoms with E-state index in [1.165, 1.54) is 0 Å². The zero-order chi connectivity index (χ0) is 15.8. The van der Waals surface area contributed by atoms with Crippen LogP contribution >= 0.6 is 0 Å². The Morgan fingerprint density at radius 2 is 2.00 bits per heavy atom. The molecular weight excluding hydrogens is 286 g/mol. The molecule has 2 rings (SSSR count). The van der Waals surface area contributed by atoms with Crippen LogP contribution in [0.1, 0.15) is 18.4 Å². The van der Waals surface area contributed by atoms with Crippen LogP contribution in [0.25, 0.3) is 0 Å².